The molecule has 0 bridgehead atoms. The van der Waals surface area contributed by atoms with Gasteiger partial charge in [-0.3, -0.25) is 10.2 Å². The van der Waals surface area contributed by atoms with Gasteiger partial charge in [0.15, 0.2) is 0 Å². The second-order valence-corrected chi connectivity index (χ2v) is 1.97. The third-order valence-corrected chi connectivity index (χ3v) is 1.06. The Morgan fingerprint density at radius 2 is 2.38 bits per heavy atom. The van der Waals surface area contributed by atoms with Gasteiger partial charge in [0, 0.05) is 13.2 Å². The van der Waals surface area contributed by atoms with E-state index in [2.05, 4.69) is 20.7 Å². The Morgan fingerprint density at radius 1 is 1.69 bits per heavy atom. The molecule has 0 unspecified atom stereocenters. The van der Waals surface area contributed by atoms with Gasteiger partial charge in [-0.1, -0.05) is 5.22 Å². The Bertz CT molecular complexity index is 254. The average molecular weight is 183 g/mol. The SMILES string of the molecule is CN=NNC.NC(=O)c1ccc[nH]1. The summed E-state index contributed by atoms with van der Waals surface area (Å²) >= 11 is 0. The Balaban J connectivity index is 0.000000252. The molecule has 0 aliphatic heterocycles. The number of nitrogens with zero attached hydrogens (tertiary/aromatic N) is 2. The Morgan fingerprint density at radius 3 is 2.54 bits per heavy atom. The fourth-order valence-electron chi connectivity index (χ4n) is 0.584. The largest absolute Gasteiger partial charge is 0.364 e. The number of hydrogen-bond donors (Lipinski definition) is 3. The van der Waals surface area contributed by atoms with Gasteiger partial charge < -0.3 is 10.7 Å². The molecule has 72 valence electrons. The van der Waals surface area contributed by atoms with Crippen LogP contribution in [0.5, 0.6) is 0 Å². The first-order chi connectivity index (χ1) is 6.22. The maximum absolute atomic E-state index is 10.3. The number of rotatable bonds is 2. The summed E-state index contributed by atoms with van der Waals surface area (Å²) in [6, 6.07) is 3.35. The molecule has 13 heavy (non-hydrogen) atoms. The number of aromatic amines is 1. The third kappa shape index (κ3) is 5.42. The second-order valence-electron chi connectivity index (χ2n) is 1.97. The van der Waals surface area contributed by atoms with E-state index in [0.29, 0.717) is 5.69 Å². The summed E-state index contributed by atoms with van der Waals surface area (Å²) in [6.07, 6.45) is 1.65. The fourth-order valence-corrected chi connectivity index (χ4v) is 0.584. The monoisotopic (exact) mass is 183 g/mol. The molecule has 6 heteroatoms. The summed E-state index contributed by atoms with van der Waals surface area (Å²) in [7, 11) is 3.31. The van der Waals surface area contributed by atoms with Crippen LogP contribution in [0.25, 0.3) is 0 Å². The molecule has 1 rings (SSSR count). The van der Waals surface area contributed by atoms with Gasteiger partial charge in [0.1, 0.15) is 5.69 Å². The van der Waals surface area contributed by atoms with Crippen molar-refractivity contribution in [3.63, 3.8) is 0 Å². The van der Waals surface area contributed by atoms with Crippen LogP contribution >= 0.6 is 0 Å². The van der Waals surface area contributed by atoms with Gasteiger partial charge in [-0.05, 0) is 12.1 Å². The van der Waals surface area contributed by atoms with E-state index in [1.807, 2.05) is 0 Å². The van der Waals surface area contributed by atoms with Gasteiger partial charge in [0.25, 0.3) is 5.91 Å². The molecule has 0 saturated heterocycles. The molecule has 1 amide bonds. The topological polar surface area (TPSA) is 95.6 Å². The average Bonchev–Trinajstić information content (AvgIpc) is 2.58. The van der Waals surface area contributed by atoms with Crippen molar-refractivity contribution in [3.8, 4) is 0 Å². The quantitative estimate of drug-likeness (QED) is 0.454. The zero-order valence-corrected chi connectivity index (χ0v) is 7.61. The van der Waals surface area contributed by atoms with Crippen LogP contribution in [0.4, 0.5) is 0 Å². The molecule has 0 aliphatic rings. The number of primary amides is 1. The van der Waals surface area contributed by atoms with E-state index in [4.69, 9.17) is 5.73 Å². The molecule has 0 radical (unpaired) electrons. The highest BCUT2D eigenvalue weighted by atomic mass is 16.1. The van der Waals surface area contributed by atoms with E-state index >= 15 is 0 Å². The molecule has 4 N–H and O–H groups in total. The van der Waals surface area contributed by atoms with E-state index < -0.39 is 5.91 Å². The lowest BCUT2D eigenvalue weighted by Crippen LogP contribution is -2.10. The summed E-state index contributed by atoms with van der Waals surface area (Å²) < 4.78 is 0. The molecule has 0 saturated carbocycles. The third-order valence-electron chi connectivity index (χ3n) is 1.06. The molecule has 6 nitrogen and oxygen atoms in total. The fraction of sp³-hybridized carbons (Fsp3) is 0.286. The number of carbonyl (C=O) groups excluding carboxylic acids is 1. The van der Waals surface area contributed by atoms with Gasteiger partial charge in [-0.15, -0.1) is 0 Å². The first-order valence-corrected chi connectivity index (χ1v) is 3.61. The number of hydrogen-bond acceptors (Lipinski definition) is 3. The molecule has 0 aromatic carbocycles. The number of nitrogens with one attached hydrogen (secondary N) is 2. The summed E-state index contributed by atoms with van der Waals surface area (Å²) in [5, 5.41) is 6.72. The van der Waals surface area contributed by atoms with Crippen molar-refractivity contribution in [2.45, 2.75) is 0 Å². The van der Waals surface area contributed by atoms with Crippen molar-refractivity contribution in [2.24, 2.45) is 16.1 Å². The number of H-pyrrole nitrogens is 1. The van der Waals surface area contributed by atoms with Crippen LogP contribution < -0.4 is 11.2 Å². The first kappa shape index (κ1) is 11.2. The highest BCUT2D eigenvalue weighted by molar-refractivity contribution is 5.90. The van der Waals surface area contributed by atoms with E-state index in [1.165, 1.54) is 0 Å². The van der Waals surface area contributed by atoms with Crippen LogP contribution in [0.2, 0.25) is 0 Å². The Labute approximate surface area is 76.2 Å². The number of aromatic nitrogens is 1. The van der Waals surface area contributed by atoms with Crippen molar-refractivity contribution in [1.29, 1.82) is 0 Å². The molecular weight excluding hydrogens is 170 g/mol. The number of nitrogens with two attached hydrogens (primary N) is 1. The summed E-state index contributed by atoms with van der Waals surface area (Å²) in [5.41, 5.74) is 7.81. The second kappa shape index (κ2) is 6.84. The van der Waals surface area contributed by atoms with Gasteiger partial charge in [-0.25, -0.2) is 0 Å². The van der Waals surface area contributed by atoms with Crippen molar-refractivity contribution < 1.29 is 4.79 Å². The highest BCUT2D eigenvalue weighted by Gasteiger charge is 1.95. The van der Waals surface area contributed by atoms with Gasteiger partial charge in [0.05, 0.1) is 7.05 Å². The van der Waals surface area contributed by atoms with Crippen molar-refractivity contribution in [1.82, 2.24) is 10.4 Å². The Kier molecular flexibility index (Phi) is 5.86. The van der Waals surface area contributed by atoms with Crippen LogP contribution in [0.1, 0.15) is 10.5 Å². The molecule has 0 spiro atoms. The summed E-state index contributed by atoms with van der Waals surface area (Å²) in [6.45, 7) is 0. The van der Waals surface area contributed by atoms with Crippen molar-refractivity contribution in [2.75, 3.05) is 14.1 Å². The van der Waals surface area contributed by atoms with Crippen molar-refractivity contribution in [3.05, 3.63) is 24.0 Å². The van der Waals surface area contributed by atoms with Gasteiger partial charge in [-0.2, -0.15) is 5.11 Å². The zero-order valence-electron chi connectivity index (χ0n) is 7.61. The zero-order chi connectivity index (χ0) is 10.1. The minimum atomic E-state index is -0.421. The van der Waals surface area contributed by atoms with Crippen LogP contribution in [0, 0.1) is 0 Å². The van der Waals surface area contributed by atoms with Crippen molar-refractivity contribution >= 4 is 5.91 Å². The summed E-state index contributed by atoms with van der Waals surface area (Å²) in [4.78, 5) is 12.9. The molecule has 0 fully saturated rings. The lowest BCUT2D eigenvalue weighted by Gasteiger charge is -1.82. The molecule has 0 atom stereocenters. The van der Waals surface area contributed by atoms with Crippen LogP contribution in [0.3, 0.4) is 0 Å². The minimum absolute atomic E-state index is 0.421. The predicted molar refractivity (Wildman–Crippen MR) is 49.2 cm³/mol. The molecule has 1 heterocycles. The normalized spacial score (nSPS) is 9.08. The summed E-state index contributed by atoms with van der Waals surface area (Å²) in [5.74, 6) is -0.421. The lowest BCUT2D eigenvalue weighted by atomic mass is 10.4. The molecule has 0 aliphatic carbocycles. The van der Waals surface area contributed by atoms with E-state index in [-0.39, 0.29) is 0 Å². The van der Waals surface area contributed by atoms with E-state index in [1.54, 1.807) is 32.4 Å². The van der Waals surface area contributed by atoms with Crippen LogP contribution in [-0.2, 0) is 0 Å². The molecule has 1 aromatic rings. The van der Waals surface area contributed by atoms with Gasteiger partial charge in [0.2, 0.25) is 0 Å². The first-order valence-electron chi connectivity index (χ1n) is 3.61. The maximum atomic E-state index is 10.3. The molecular formula is C7H13N5O. The lowest BCUT2D eigenvalue weighted by molar-refractivity contribution is 0.0996. The predicted octanol–water partition coefficient (Wildman–Crippen LogP) is 0.316. The standard InChI is InChI=1S/C5H6N2O.C2H7N3/c6-5(8)4-2-1-3-7-4;1-3-5-4-2/h1-3,7H,(H2,6,8);1-2H3,(H,3,4). The smallest absolute Gasteiger partial charge is 0.265 e. The van der Waals surface area contributed by atoms with E-state index in [0.717, 1.165) is 0 Å². The van der Waals surface area contributed by atoms with Crippen LogP contribution in [-0.4, -0.2) is 25.0 Å². The van der Waals surface area contributed by atoms with Gasteiger partial charge >= 0.3 is 0 Å². The molecule has 1 aromatic heterocycles. The number of amides is 1. The Hall–Kier alpha value is -1.85. The maximum Gasteiger partial charge on any atom is 0.265 e. The van der Waals surface area contributed by atoms with E-state index in [9.17, 15) is 4.79 Å². The van der Waals surface area contributed by atoms with Crippen LogP contribution in [0.15, 0.2) is 28.7 Å². The highest BCUT2D eigenvalue weighted by Crippen LogP contribution is 1.89. The minimum Gasteiger partial charge on any atom is -0.364 e. The number of carbonyl (C=O) groups is 1.